The first-order valence-electron chi connectivity index (χ1n) is 10.5. The summed E-state index contributed by atoms with van der Waals surface area (Å²) in [5.74, 6) is -1.44. The molecule has 14 heteroatoms. The summed E-state index contributed by atoms with van der Waals surface area (Å²) in [7, 11) is -1.39. The molecule has 2 aromatic rings. The molecule has 0 bridgehead atoms. The number of piperidine rings is 1. The fourth-order valence-electron chi connectivity index (χ4n) is 3.77. The van der Waals surface area contributed by atoms with Gasteiger partial charge in [-0.3, -0.25) is 4.79 Å². The molecule has 1 N–H and O–H groups in total. The lowest BCUT2D eigenvalue weighted by Gasteiger charge is -2.31. The fraction of sp³-hybridized carbons (Fsp3) is 0.409. The highest BCUT2D eigenvalue weighted by Crippen LogP contribution is 2.38. The zero-order chi connectivity index (χ0) is 26.9. The topological polar surface area (TPSA) is 84.9 Å². The number of anilines is 1. The van der Waals surface area contributed by atoms with E-state index in [4.69, 9.17) is 9.47 Å². The number of carbonyl (C=O) groups excluding carboxylic acids is 1. The Hall–Kier alpha value is -3.00. The zero-order valence-electron chi connectivity index (χ0n) is 19.0. The maximum absolute atomic E-state index is 13.1. The van der Waals surface area contributed by atoms with Crippen LogP contribution in [0.2, 0.25) is 0 Å². The van der Waals surface area contributed by atoms with Crippen molar-refractivity contribution in [1.29, 1.82) is 0 Å². The van der Waals surface area contributed by atoms with E-state index in [1.807, 2.05) is 0 Å². The number of amides is 1. The van der Waals surface area contributed by atoms with Gasteiger partial charge >= 0.3 is 12.4 Å². The van der Waals surface area contributed by atoms with Crippen LogP contribution >= 0.6 is 0 Å². The molecule has 1 saturated heterocycles. The van der Waals surface area contributed by atoms with Crippen LogP contribution in [-0.2, 0) is 27.2 Å². The van der Waals surface area contributed by atoms with E-state index in [1.165, 1.54) is 32.4 Å². The standard InChI is InChI=1S/C22H22F6N2O5S/c1-34-18-6-5-17(11-19(18)35-2)36(32,33)30-7-3-4-13(12-30)20(31)29-16-9-14(21(23,24)25)8-15(10-16)22(26,27)28/h5-6,8-11,13H,3-4,7,12H2,1-2H3,(H,29,31)/t13-/m0/s1. The number of ether oxygens (including phenoxy) is 2. The maximum atomic E-state index is 13.1. The Balaban J connectivity index is 1.83. The Labute approximate surface area is 203 Å². The number of benzene rings is 2. The monoisotopic (exact) mass is 540 g/mol. The average molecular weight is 540 g/mol. The van der Waals surface area contributed by atoms with E-state index in [0.29, 0.717) is 17.9 Å². The largest absolute Gasteiger partial charge is 0.493 e. The Morgan fingerprint density at radius 1 is 0.944 bits per heavy atom. The molecule has 0 aliphatic carbocycles. The van der Waals surface area contributed by atoms with Gasteiger partial charge in [0.15, 0.2) is 11.5 Å². The van der Waals surface area contributed by atoms with Crippen molar-refractivity contribution in [3.05, 3.63) is 47.5 Å². The quantitative estimate of drug-likeness (QED) is 0.534. The van der Waals surface area contributed by atoms with Crippen LogP contribution in [0.25, 0.3) is 0 Å². The Morgan fingerprint density at radius 3 is 2.06 bits per heavy atom. The Morgan fingerprint density at radius 2 is 1.53 bits per heavy atom. The molecule has 1 aliphatic rings. The van der Waals surface area contributed by atoms with E-state index in [2.05, 4.69) is 5.32 Å². The number of nitrogens with zero attached hydrogens (tertiary/aromatic N) is 1. The molecule has 1 fully saturated rings. The van der Waals surface area contributed by atoms with Crippen molar-refractivity contribution in [2.45, 2.75) is 30.1 Å². The van der Waals surface area contributed by atoms with E-state index in [9.17, 15) is 39.6 Å². The molecule has 0 unspecified atom stereocenters. The molecule has 1 atom stereocenters. The van der Waals surface area contributed by atoms with Crippen LogP contribution in [0.3, 0.4) is 0 Å². The average Bonchev–Trinajstić information content (AvgIpc) is 2.82. The summed E-state index contributed by atoms with van der Waals surface area (Å²) in [6.45, 7) is -0.240. The van der Waals surface area contributed by atoms with Crippen molar-refractivity contribution in [1.82, 2.24) is 4.31 Å². The fourth-order valence-corrected chi connectivity index (χ4v) is 5.31. The predicted molar refractivity (Wildman–Crippen MR) is 116 cm³/mol. The smallest absolute Gasteiger partial charge is 0.416 e. The SMILES string of the molecule is COc1ccc(S(=O)(=O)N2CCC[C@H](C(=O)Nc3cc(C(F)(F)F)cc(C(F)(F)F)c3)C2)cc1OC. The molecule has 0 radical (unpaired) electrons. The molecule has 1 aliphatic heterocycles. The minimum Gasteiger partial charge on any atom is -0.493 e. The van der Waals surface area contributed by atoms with Gasteiger partial charge in [0.05, 0.1) is 36.2 Å². The molecular weight excluding hydrogens is 518 g/mol. The summed E-state index contributed by atoms with van der Waals surface area (Å²) in [6.07, 6.45) is -9.71. The summed E-state index contributed by atoms with van der Waals surface area (Å²) in [5, 5.41) is 2.08. The number of hydrogen-bond donors (Lipinski definition) is 1. The van der Waals surface area contributed by atoms with Gasteiger partial charge in [-0.25, -0.2) is 8.42 Å². The van der Waals surface area contributed by atoms with Crippen molar-refractivity contribution >= 4 is 21.6 Å². The van der Waals surface area contributed by atoms with Crippen LogP contribution in [-0.4, -0.2) is 45.9 Å². The van der Waals surface area contributed by atoms with Gasteiger partial charge in [0.2, 0.25) is 15.9 Å². The third-order valence-electron chi connectivity index (χ3n) is 5.60. The third-order valence-corrected chi connectivity index (χ3v) is 7.46. The van der Waals surface area contributed by atoms with Gasteiger partial charge in [0, 0.05) is 24.8 Å². The molecule has 0 aromatic heterocycles. The zero-order valence-corrected chi connectivity index (χ0v) is 19.9. The molecule has 0 spiro atoms. The number of alkyl halides is 6. The van der Waals surface area contributed by atoms with Crippen LogP contribution in [0.15, 0.2) is 41.3 Å². The Bertz CT molecular complexity index is 1200. The minimum absolute atomic E-state index is 0.0479. The first-order chi connectivity index (χ1) is 16.7. The third kappa shape index (κ3) is 6.03. The van der Waals surface area contributed by atoms with Gasteiger partial charge in [-0.1, -0.05) is 0 Å². The van der Waals surface area contributed by atoms with Crippen molar-refractivity contribution in [3.8, 4) is 11.5 Å². The molecule has 0 saturated carbocycles. The van der Waals surface area contributed by atoms with E-state index >= 15 is 0 Å². The highest BCUT2D eigenvalue weighted by molar-refractivity contribution is 7.89. The molecule has 1 amide bonds. The molecular formula is C22H22F6N2O5S. The predicted octanol–water partition coefficient (Wildman–Crippen LogP) is 4.78. The molecule has 3 rings (SSSR count). The summed E-state index contributed by atoms with van der Waals surface area (Å²) in [4.78, 5) is 12.6. The number of sulfonamides is 1. The number of hydrogen-bond acceptors (Lipinski definition) is 5. The van der Waals surface area contributed by atoms with Gasteiger partial charge in [-0.05, 0) is 43.2 Å². The summed E-state index contributed by atoms with van der Waals surface area (Å²) in [5.41, 5.74) is -3.84. The number of rotatable bonds is 6. The molecule has 36 heavy (non-hydrogen) atoms. The van der Waals surface area contributed by atoms with E-state index < -0.39 is 51.0 Å². The summed E-state index contributed by atoms with van der Waals surface area (Å²) in [6, 6.07) is 4.68. The lowest BCUT2D eigenvalue weighted by atomic mass is 9.98. The molecule has 2 aromatic carbocycles. The van der Waals surface area contributed by atoms with Crippen LogP contribution in [0.5, 0.6) is 11.5 Å². The van der Waals surface area contributed by atoms with Gasteiger partial charge in [0.25, 0.3) is 0 Å². The first kappa shape index (κ1) is 27.6. The Kier molecular flexibility index (Phi) is 7.79. The number of nitrogens with one attached hydrogen (secondary N) is 1. The second kappa shape index (κ2) is 10.2. The maximum Gasteiger partial charge on any atom is 0.416 e. The normalized spacial score (nSPS) is 17.5. The van der Waals surface area contributed by atoms with Gasteiger partial charge in [-0.2, -0.15) is 30.6 Å². The first-order valence-corrected chi connectivity index (χ1v) is 11.9. The van der Waals surface area contributed by atoms with E-state index in [1.54, 1.807) is 0 Å². The van der Waals surface area contributed by atoms with Gasteiger partial charge in [0.1, 0.15) is 0 Å². The highest BCUT2D eigenvalue weighted by atomic mass is 32.2. The lowest BCUT2D eigenvalue weighted by Crippen LogP contribution is -2.43. The molecule has 7 nitrogen and oxygen atoms in total. The second-order valence-corrected chi connectivity index (χ2v) is 9.94. The highest BCUT2D eigenvalue weighted by Gasteiger charge is 2.38. The van der Waals surface area contributed by atoms with E-state index in [0.717, 1.165) is 4.31 Å². The summed E-state index contributed by atoms with van der Waals surface area (Å²) < 4.78 is 116. The summed E-state index contributed by atoms with van der Waals surface area (Å²) >= 11 is 0. The molecule has 1 heterocycles. The van der Waals surface area contributed by atoms with Crippen LogP contribution in [0, 0.1) is 5.92 Å². The second-order valence-electron chi connectivity index (χ2n) is 8.00. The van der Waals surface area contributed by atoms with Crippen molar-refractivity contribution in [2.24, 2.45) is 5.92 Å². The lowest BCUT2D eigenvalue weighted by molar-refractivity contribution is -0.143. The van der Waals surface area contributed by atoms with Gasteiger partial charge in [-0.15, -0.1) is 0 Å². The number of methoxy groups -OCH3 is 2. The number of halogens is 6. The molecule has 198 valence electrons. The van der Waals surface area contributed by atoms with Crippen molar-refractivity contribution in [3.63, 3.8) is 0 Å². The van der Waals surface area contributed by atoms with Crippen molar-refractivity contribution in [2.75, 3.05) is 32.6 Å². The van der Waals surface area contributed by atoms with Gasteiger partial charge < -0.3 is 14.8 Å². The van der Waals surface area contributed by atoms with Crippen LogP contribution in [0.1, 0.15) is 24.0 Å². The van der Waals surface area contributed by atoms with Crippen molar-refractivity contribution < 1.29 is 49.0 Å². The van der Waals surface area contributed by atoms with E-state index in [-0.39, 0.29) is 42.6 Å². The minimum atomic E-state index is -5.07. The number of carbonyl (C=O) groups is 1. The van der Waals surface area contributed by atoms with Crippen LogP contribution < -0.4 is 14.8 Å². The van der Waals surface area contributed by atoms with Crippen LogP contribution in [0.4, 0.5) is 32.0 Å².